The van der Waals surface area contributed by atoms with Crippen LogP contribution in [0.2, 0.25) is 5.02 Å². The van der Waals surface area contributed by atoms with Crippen LogP contribution in [0, 0.1) is 0 Å². The van der Waals surface area contributed by atoms with E-state index in [1.165, 1.54) is 0 Å². The summed E-state index contributed by atoms with van der Waals surface area (Å²) in [5, 5.41) is 6.11. The Balaban J connectivity index is 1.66. The molecule has 1 heterocycles. The molecule has 0 aliphatic carbocycles. The molecule has 0 aromatic heterocycles. The maximum atomic E-state index is 12.2. The Hall–Kier alpha value is -2.53. The fraction of sp³-hybridized carbons (Fsp3) is 0.222. The van der Waals surface area contributed by atoms with Gasteiger partial charge in [-0.15, -0.1) is 0 Å². The molecule has 1 atom stereocenters. The quantitative estimate of drug-likeness (QED) is 0.875. The second-order valence-corrected chi connectivity index (χ2v) is 6.00. The van der Waals surface area contributed by atoms with E-state index in [0.717, 1.165) is 5.56 Å². The van der Waals surface area contributed by atoms with Crippen molar-refractivity contribution in [2.45, 2.75) is 25.5 Å². The highest BCUT2D eigenvalue weighted by Crippen LogP contribution is 2.25. The number of nitrogens with one attached hydrogen (secondary N) is 2. The number of hydrogen-bond acceptors (Lipinski definition) is 3. The number of carbonyl (C=O) groups is 2. The summed E-state index contributed by atoms with van der Waals surface area (Å²) >= 11 is 5.96. The van der Waals surface area contributed by atoms with E-state index in [-0.39, 0.29) is 11.8 Å². The Bertz CT molecular complexity index is 763. The normalized spacial score (nSPS) is 16.5. The zero-order valence-corrected chi connectivity index (χ0v) is 13.7. The van der Waals surface area contributed by atoms with Crippen LogP contribution in [0.15, 0.2) is 48.5 Å². The van der Waals surface area contributed by atoms with Gasteiger partial charge in [0, 0.05) is 11.4 Å². The Morgan fingerprint density at radius 2 is 2.08 bits per heavy atom. The van der Waals surface area contributed by atoms with E-state index in [1.807, 2.05) is 30.3 Å². The van der Waals surface area contributed by atoms with E-state index in [1.54, 1.807) is 18.2 Å². The van der Waals surface area contributed by atoms with E-state index in [0.29, 0.717) is 35.9 Å². The number of benzene rings is 2. The molecule has 5 nitrogen and oxygen atoms in total. The molecular weight excluding hydrogens is 328 g/mol. The van der Waals surface area contributed by atoms with Crippen LogP contribution in [0.5, 0.6) is 5.75 Å². The molecule has 124 valence electrons. The van der Waals surface area contributed by atoms with Gasteiger partial charge in [-0.1, -0.05) is 35.9 Å². The molecule has 6 heteroatoms. The van der Waals surface area contributed by atoms with Crippen LogP contribution in [0.3, 0.4) is 0 Å². The third-order valence-electron chi connectivity index (χ3n) is 3.74. The minimum Gasteiger partial charge on any atom is -0.487 e. The van der Waals surface area contributed by atoms with Gasteiger partial charge in [0.2, 0.25) is 11.8 Å². The Labute approximate surface area is 145 Å². The number of halogens is 1. The van der Waals surface area contributed by atoms with Crippen molar-refractivity contribution < 1.29 is 14.3 Å². The molecule has 0 saturated carbocycles. The van der Waals surface area contributed by atoms with Crippen LogP contribution in [0.1, 0.15) is 18.4 Å². The molecule has 1 saturated heterocycles. The minimum atomic E-state index is -0.488. The molecule has 2 N–H and O–H groups in total. The molecule has 24 heavy (non-hydrogen) atoms. The SMILES string of the molecule is O=C1CCC(C(=O)Nc2ccccc2OCc2cccc(Cl)c2)N1. The predicted octanol–water partition coefficient (Wildman–Crippen LogP) is 3.14. The van der Waals surface area contributed by atoms with Crippen LogP contribution in [-0.2, 0) is 16.2 Å². The topological polar surface area (TPSA) is 67.4 Å². The number of ether oxygens (including phenoxy) is 1. The predicted molar refractivity (Wildman–Crippen MR) is 92.0 cm³/mol. The number of para-hydroxylation sites is 2. The number of rotatable bonds is 5. The van der Waals surface area contributed by atoms with Gasteiger partial charge in [-0.25, -0.2) is 0 Å². The lowest BCUT2D eigenvalue weighted by Gasteiger charge is -2.15. The molecular formula is C18H17ClN2O3. The zero-order valence-electron chi connectivity index (χ0n) is 12.9. The van der Waals surface area contributed by atoms with Crippen molar-refractivity contribution in [3.05, 3.63) is 59.1 Å². The van der Waals surface area contributed by atoms with E-state index in [9.17, 15) is 9.59 Å². The van der Waals surface area contributed by atoms with Crippen molar-refractivity contribution in [2.24, 2.45) is 0 Å². The first-order valence-electron chi connectivity index (χ1n) is 7.68. The van der Waals surface area contributed by atoms with Gasteiger partial charge in [-0.3, -0.25) is 9.59 Å². The van der Waals surface area contributed by atoms with Crippen LogP contribution >= 0.6 is 11.6 Å². The van der Waals surface area contributed by atoms with Crippen LogP contribution in [0.4, 0.5) is 5.69 Å². The van der Waals surface area contributed by atoms with Gasteiger partial charge in [0.15, 0.2) is 0 Å². The van der Waals surface area contributed by atoms with Gasteiger partial charge >= 0.3 is 0 Å². The summed E-state index contributed by atoms with van der Waals surface area (Å²) in [7, 11) is 0. The Morgan fingerprint density at radius 1 is 1.25 bits per heavy atom. The number of hydrogen-bond donors (Lipinski definition) is 2. The summed E-state index contributed by atoms with van der Waals surface area (Å²) in [6, 6.07) is 14.1. The number of carbonyl (C=O) groups excluding carboxylic acids is 2. The van der Waals surface area contributed by atoms with Crippen molar-refractivity contribution in [3.8, 4) is 5.75 Å². The molecule has 1 unspecified atom stereocenters. The summed E-state index contributed by atoms with van der Waals surface area (Å²) in [4.78, 5) is 23.5. The van der Waals surface area contributed by atoms with Crippen molar-refractivity contribution in [1.82, 2.24) is 5.32 Å². The maximum absolute atomic E-state index is 12.2. The molecule has 1 fully saturated rings. The largest absolute Gasteiger partial charge is 0.487 e. The lowest BCUT2D eigenvalue weighted by molar-refractivity contribution is -0.122. The second kappa shape index (κ2) is 7.36. The van der Waals surface area contributed by atoms with Gasteiger partial charge < -0.3 is 15.4 Å². The van der Waals surface area contributed by atoms with Crippen LogP contribution < -0.4 is 15.4 Å². The van der Waals surface area contributed by atoms with Crippen molar-refractivity contribution in [3.63, 3.8) is 0 Å². The molecule has 1 aliphatic rings. The lowest BCUT2D eigenvalue weighted by Crippen LogP contribution is -2.37. The number of amides is 2. The first-order valence-corrected chi connectivity index (χ1v) is 8.06. The molecule has 0 bridgehead atoms. The summed E-state index contributed by atoms with van der Waals surface area (Å²) in [6.45, 7) is 0.341. The minimum absolute atomic E-state index is 0.0966. The molecule has 1 aliphatic heterocycles. The van der Waals surface area contributed by atoms with Crippen LogP contribution in [0.25, 0.3) is 0 Å². The van der Waals surface area contributed by atoms with Crippen molar-refractivity contribution in [1.29, 1.82) is 0 Å². The highest BCUT2D eigenvalue weighted by molar-refractivity contribution is 6.30. The summed E-state index contributed by atoms with van der Waals surface area (Å²) in [6.07, 6.45) is 0.890. The van der Waals surface area contributed by atoms with Gasteiger partial charge in [0.1, 0.15) is 18.4 Å². The summed E-state index contributed by atoms with van der Waals surface area (Å²) in [5.41, 5.74) is 1.51. The van der Waals surface area contributed by atoms with E-state index in [2.05, 4.69) is 10.6 Å². The summed E-state index contributed by atoms with van der Waals surface area (Å²) in [5.74, 6) is 0.232. The van der Waals surface area contributed by atoms with Gasteiger partial charge in [-0.2, -0.15) is 0 Å². The van der Waals surface area contributed by atoms with E-state index in [4.69, 9.17) is 16.3 Å². The average molecular weight is 345 g/mol. The number of anilines is 1. The highest BCUT2D eigenvalue weighted by atomic mass is 35.5. The highest BCUT2D eigenvalue weighted by Gasteiger charge is 2.27. The van der Waals surface area contributed by atoms with E-state index < -0.39 is 6.04 Å². The smallest absolute Gasteiger partial charge is 0.247 e. The molecule has 2 amide bonds. The molecule has 3 rings (SSSR count). The molecule has 0 radical (unpaired) electrons. The fourth-order valence-corrected chi connectivity index (χ4v) is 2.73. The van der Waals surface area contributed by atoms with Crippen LogP contribution in [-0.4, -0.2) is 17.9 Å². The second-order valence-electron chi connectivity index (χ2n) is 5.56. The third kappa shape index (κ3) is 4.06. The van der Waals surface area contributed by atoms with Crippen molar-refractivity contribution >= 4 is 29.1 Å². The Kier molecular flexibility index (Phi) is 5.01. The first kappa shape index (κ1) is 16.3. The van der Waals surface area contributed by atoms with Gasteiger partial charge in [0.25, 0.3) is 0 Å². The van der Waals surface area contributed by atoms with Gasteiger partial charge in [0.05, 0.1) is 5.69 Å². The van der Waals surface area contributed by atoms with Crippen molar-refractivity contribution in [2.75, 3.05) is 5.32 Å². The monoisotopic (exact) mass is 344 g/mol. The zero-order chi connectivity index (χ0) is 16.9. The Morgan fingerprint density at radius 3 is 2.83 bits per heavy atom. The first-order chi connectivity index (χ1) is 11.6. The van der Waals surface area contributed by atoms with Gasteiger partial charge in [-0.05, 0) is 36.2 Å². The van der Waals surface area contributed by atoms with E-state index >= 15 is 0 Å². The molecule has 0 spiro atoms. The fourth-order valence-electron chi connectivity index (χ4n) is 2.51. The third-order valence-corrected chi connectivity index (χ3v) is 3.98. The maximum Gasteiger partial charge on any atom is 0.247 e. The average Bonchev–Trinajstić information content (AvgIpc) is 3.01. The summed E-state index contributed by atoms with van der Waals surface area (Å²) < 4.78 is 5.80. The molecule has 2 aromatic rings. The molecule has 2 aromatic carbocycles. The lowest BCUT2D eigenvalue weighted by atomic mass is 10.2. The standard InChI is InChI=1S/C18H17ClN2O3/c19-13-5-3-4-12(10-13)11-24-16-7-2-1-6-14(16)21-18(23)15-8-9-17(22)20-15/h1-7,10,15H,8-9,11H2,(H,20,22)(H,21,23).